The van der Waals surface area contributed by atoms with Crippen LogP contribution in [-0.4, -0.2) is 18.2 Å². The summed E-state index contributed by atoms with van der Waals surface area (Å²) in [5.74, 6) is -0.307. The summed E-state index contributed by atoms with van der Waals surface area (Å²) >= 11 is 10.7. The molecule has 0 radical (unpaired) electrons. The van der Waals surface area contributed by atoms with Gasteiger partial charge < -0.3 is 0 Å². The van der Waals surface area contributed by atoms with Crippen LogP contribution >= 0.6 is 59.1 Å². The molecular formula is C10H6Br3N3OS. The fourth-order valence-corrected chi connectivity index (χ4v) is 2.18. The fraction of sp³-hybridized carbons (Fsp3) is 0.100. The van der Waals surface area contributed by atoms with E-state index < -0.39 is 2.14 Å². The van der Waals surface area contributed by atoms with Crippen molar-refractivity contribution in [3.63, 3.8) is 0 Å². The van der Waals surface area contributed by atoms with E-state index in [1.807, 2.05) is 30.3 Å². The molecule has 0 aliphatic rings. The van der Waals surface area contributed by atoms with Crippen molar-refractivity contribution < 1.29 is 4.79 Å². The Bertz CT molecular complexity index is 553. The van der Waals surface area contributed by atoms with Gasteiger partial charge in [-0.15, -0.1) is 10.2 Å². The van der Waals surface area contributed by atoms with Gasteiger partial charge in [-0.2, -0.15) is 0 Å². The lowest BCUT2D eigenvalue weighted by atomic mass is 10.2. The highest BCUT2D eigenvalue weighted by atomic mass is 80.0. The van der Waals surface area contributed by atoms with Crippen molar-refractivity contribution in [1.82, 2.24) is 10.2 Å². The molecule has 2 aromatic rings. The molecule has 1 heterocycles. The normalized spacial score (nSPS) is 11.3. The minimum Gasteiger partial charge on any atom is -0.298 e. The molecule has 0 aliphatic carbocycles. The number of alkyl halides is 3. The number of halogens is 3. The van der Waals surface area contributed by atoms with Gasteiger partial charge in [-0.25, -0.2) is 0 Å². The maximum Gasteiger partial charge on any atom is 0.264 e. The van der Waals surface area contributed by atoms with E-state index in [1.165, 1.54) is 11.3 Å². The number of benzene rings is 1. The van der Waals surface area contributed by atoms with E-state index in [4.69, 9.17) is 0 Å². The van der Waals surface area contributed by atoms with Crippen LogP contribution in [0.4, 0.5) is 5.13 Å². The molecule has 0 bridgehead atoms. The average Bonchev–Trinajstić information content (AvgIpc) is 2.77. The van der Waals surface area contributed by atoms with Gasteiger partial charge in [-0.05, 0) is 47.8 Å². The SMILES string of the molecule is O=C(Nc1nnc(-c2ccccc2)s1)C(Br)(Br)Br. The monoisotopic (exact) mass is 453 g/mol. The molecule has 0 atom stereocenters. The maximum absolute atomic E-state index is 11.7. The maximum atomic E-state index is 11.7. The number of aromatic nitrogens is 2. The quantitative estimate of drug-likeness (QED) is 0.697. The smallest absolute Gasteiger partial charge is 0.264 e. The number of rotatable bonds is 2. The topological polar surface area (TPSA) is 54.9 Å². The van der Waals surface area contributed by atoms with E-state index in [-0.39, 0.29) is 5.91 Å². The molecule has 0 saturated carbocycles. The summed E-state index contributed by atoms with van der Waals surface area (Å²) in [5.41, 5.74) is 0.971. The van der Waals surface area contributed by atoms with Crippen molar-refractivity contribution in [2.75, 3.05) is 5.32 Å². The fourth-order valence-electron chi connectivity index (χ4n) is 1.14. The van der Waals surface area contributed by atoms with Gasteiger partial charge >= 0.3 is 0 Å². The van der Waals surface area contributed by atoms with Crippen LogP contribution in [0, 0.1) is 0 Å². The van der Waals surface area contributed by atoms with Crippen molar-refractivity contribution in [3.8, 4) is 10.6 Å². The summed E-state index contributed by atoms with van der Waals surface area (Å²) in [4.78, 5) is 11.7. The third-order valence-electron chi connectivity index (χ3n) is 1.92. The average molecular weight is 456 g/mol. The van der Waals surface area contributed by atoms with Gasteiger partial charge in [0.05, 0.1) is 0 Å². The van der Waals surface area contributed by atoms with Gasteiger partial charge in [0.2, 0.25) is 7.27 Å². The first-order chi connectivity index (χ1) is 8.47. The predicted molar refractivity (Wildman–Crippen MR) is 83.5 cm³/mol. The highest BCUT2D eigenvalue weighted by molar-refractivity contribution is 9.40. The molecule has 1 N–H and O–H groups in total. The molecule has 8 heteroatoms. The van der Waals surface area contributed by atoms with E-state index in [0.717, 1.165) is 10.6 Å². The molecule has 0 spiro atoms. The largest absolute Gasteiger partial charge is 0.298 e. The summed E-state index contributed by atoms with van der Waals surface area (Å²) in [7, 11) is 0. The Morgan fingerprint density at radius 2 is 1.83 bits per heavy atom. The number of hydrogen-bond acceptors (Lipinski definition) is 4. The summed E-state index contributed by atoms with van der Waals surface area (Å²) in [5, 5.41) is 11.8. The number of anilines is 1. The van der Waals surface area contributed by atoms with Gasteiger partial charge in [0.25, 0.3) is 5.91 Å². The van der Waals surface area contributed by atoms with Crippen LogP contribution < -0.4 is 5.32 Å². The third-order valence-corrected chi connectivity index (χ3v) is 3.89. The van der Waals surface area contributed by atoms with Gasteiger partial charge in [-0.1, -0.05) is 41.7 Å². The van der Waals surface area contributed by atoms with Crippen LogP contribution in [0.2, 0.25) is 0 Å². The van der Waals surface area contributed by atoms with E-state index >= 15 is 0 Å². The minimum absolute atomic E-state index is 0.307. The lowest BCUT2D eigenvalue weighted by molar-refractivity contribution is -0.114. The van der Waals surface area contributed by atoms with Crippen LogP contribution in [0.5, 0.6) is 0 Å². The van der Waals surface area contributed by atoms with Gasteiger partial charge in [0, 0.05) is 5.56 Å². The third kappa shape index (κ3) is 3.59. The van der Waals surface area contributed by atoms with E-state index in [2.05, 4.69) is 63.3 Å². The Labute approximate surface area is 133 Å². The zero-order valence-electron chi connectivity index (χ0n) is 8.73. The molecule has 94 valence electrons. The molecule has 4 nitrogen and oxygen atoms in total. The van der Waals surface area contributed by atoms with Crippen molar-refractivity contribution in [1.29, 1.82) is 0 Å². The van der Waals surface area contributed by atoms with Crippen LogP contribution in [-0.2, 0) is 4.79 Å². The van der Waals surface area contributed by atoms with Crippen molar-refractivity contribution in [2.45, 2.75) is 2.14 Å². The summed E-state index contributed by atoms with van der Waals surface area (Å²) in [6.45, 7) is 0. The molecule has 0 aliphatic heterocycles. The van der Waals surface area contributed by atoms with E-state index in [9.17, 15) is 4.79 Å². The molecule has 0 unspecified atom stereocenters. The summed E-state index contributed by atoms with van der Waals surface area (Å²) < 4.78 is -0.994. The number of nitrogens with one attached hydrogen (secondary N) is 1. The Balaban J connectivity index is 2.15. The number of carbonyl (C=O) groups excluding carboxylic acids is 1. The number of hydrogen-bond donors (Lipinski definition) is 1. The molecule has 18 heavy (non-hydrogen) atoms. The first-order valence-electron chi connectivity index (χ1n) is 4.74. The zero-order valence-corrected chi connectivity index (χ0v) is 14.3. The van der Waals surface area contributed by atoms with Crippen molar-refractivity contribution in [2.24, 2.45) is 0 Å². The predicted octanol–water partition coefficient (Wildman–Crippen LogP) is 3.98. The number of amides is 1. The van der Waals surface area contributed by atoms with Crippen molar-refractivity contribution in [3.05, 3.63) is 30.3 Å². The van der Waals surface area contributed by atoms with Crippen LogP contribution in [0.25, 0.3) is 10.6 Å². The number of carbonyl (C=O) groups is 1. The molecule has 0 fully saturated rings. The Morgan fingerprint density at radius 3 is 2.44 bits per heavy atom. The Morgan fingerprint density at radius 1 is 1.17 bits per heavy atom. The lowest BCUT2D eigenvalue weighted by Crippen LogP contribution is -2.25. The first kappa shape index (κ1) is 14.1. The molecule has 1 aromatic carbocycles. The lowest BCUT2D eigenvalue weighted by Gasteiger charge is -2.09. The Hall–Kier alpha value is -0.310. The summed E-state index contributed by atoms with van der Waals surface area (Å²) in [6, 6.07) is 9.67. The van der Waals surface area contributed by atoms with Crippen LogP contribution in [0.3, 0.4) is 0 Å². The standard InChI is InChI=1S/C10H6Br3N3OS/c11-10(12,13)8(17)14-9-16-15-7(18-9)6-4-2-1-3-5-6/h1-5H,(H,14,16,17). The molecule has 1 aromatic heterocycles. The second-order valence-corrected chi connectivity index (χ2v) is 11.0. The van der Waals surface area contributed by atoms with Crippen molar-refractivity contribution >= 4 is 70.2 Å². The summed E-state index contributed by atoms with van der Waals surface area (Å²) in [6.07, 6.45) is 0. The molecule has 2 rings (SSSR count). The van der Waals surface area contributed by atoms with Gasteiger partial charge in [-0.3, -0.25) is 10.1 Å². The first-order valence-corrected chi connectivity index (χ1v) is 7.93. The van der Waals surface area contributed by atoms with E-state index in [1.54, 1.807) is 0 Å². The van der Waals surface area contributed by atoms with Crippen LogP contribution in [0.1, 0.15) is 0 Å². The second-order valence-electron chi connectivity index (χ2n) is 3.23. The van der Waals surface area contributed by atoms with Crippen LogP contribution in [0.15, 0.2) is 30.3 Å². The second kappa shape index (κ2) is 5.77. The van der Waals surface area contributed by atoms with Gasteiger partial charge in [0.1, 0.15) is 5.01 Å². The molecular weight excluding hydrogens is 450 g/mol. The van der Waals surface area contributed by atoms with E-state index in [0.29, 0.717) is 5.13 Å². The zero-order chi connectivity index (χ0) is 13.2. The van der Waals surface area contributed by atoms with Gasteiger partial charge in [0.15, 0.2) is 0 Å². The number of nitrogens with zero attached hydrogens (tertiary/aromatic N) is 2. The molecule has 0 saturated heterocycles. The minimum atomic E-state index is -0.994. The highest BCUT2D eigenvalue weighted by Gasteiger charge is 2.29. The highest BCUT2D eigenvalue weighted by Crippen LogP contribution is 2.35. The molecule has 1 amide bonds. The Kier molecular flexibility index (Phi) is 4.52.